The van der Waals surface area contributed by atoms with Crippen LogP contribution in [0.3, 0.4) is 0 Å². The van der Waals surface area contributed by atoms with Crippen molar-refractivity contribution in [2.75, 3.05) is 5.32 Å². The van der Waals surface area contributed by atoms with E-state index in [0.29, 0.717) is 5.92 Å². The van der Waals surface area contributed by atoms with Gasteiger partial charge in [-0.25, -0.2) is 0 Å². The predicted molar refractivity (Wildman–Crippen MR) is 217 cm³/mol. The molecule has 3 aliphatic heterocycles. The molecule has 0 saturated heterocycles. The Labute approximate surface area is 311 Å². The molecule has 5 heteroatoms. The highest BCUT2D eigenvalue weighted by Crippen LogP contribution is 2.49. The van der Waals surface area contributed by atoms with Crippen LogP contribution < -0.4 is 15.4 Å². The van der Waals surface area contributed by atoms with Gasteiger partial charge in [0.25, 0.3) is 0 Å². The second-order valence-electron chi connectivity index (χ2n) is 14.5. The van der Waals surface area contributed by atoms with Crippen molar-refractivity contribution in [1.29, 1.82) is 0 Å². The Balaban J connectivity index is 0.870. The summed E-state index contributed by atoms with van der Waals surface area (Å²) in [5.74, 6) is 1.66. The van der Waals surface area contributed by atoms with Gasteiger partial charge in [0.15, 0.2) is 6.23 Å². The number of hydrogen-bond acceptors (Lipinski definition) is 5. The molecule has 0 amide bonds. The molecule has 3 aliphatic carbocycles. The molecule has 0 aromatic heterocycles. The predicted octanol–water partition coefficient (Wildman–Crippen LogP) is 10.1. The molecule has 2 N–H and O–H groups in total. The molecule has 10 rings (SSSR count). The Hall–Kier alpha value is -6.20. The summed E-state index contributed by atoms with van der Waals surface area (Å²) in [4.78, 5) is 10.4. The van der Waals surface area contributed by atoms with E-state index in [1.54, 1.807) is 0 Å². The lowest BCUT2D eigenvalue weighted by atomic mass is 9.80. The van der Waals surface area contributed by atoms with Gasteiger partial charge < -0.3 is 15.4 Å². The van der Waals surface area contributed by atoms with Crippen LogP contribution in [0, 0.1) is 11.8 Å². The number of allylic oxidation sites excluding steroid dienone is 11. The Morgan fingerprint density at radius 1 is 0.660 bits per heavy atom. The lowest BCUT2D eigenvalue weighted by molar-refractivity contribution is 0.204. The Morgan fingerprint density at radius 3 is 2.23 bits per heavy atom. The summed E-state index contributed by atoms with van der Waals surface area (Å²) in [5.41, 5.74) is 13.7. The van der Waals surface area contributed by atoms with E-state index in [2.05, 4.69) is 175 Å². The topological polar surface area (TPSA) is 58.0 Å². The highest BCUT2D eigenvalue weighted by Gasteiger charge is 2.37. The lowest BCUT2D eigenvalue weighted by Gasteiger charge is -2.29. The molecule has 4 aromatic carbocycles. The monoisotopic (exact) mass is 688 g/mol. The molecule has 0 radical (unpaired) electrons. The molecule has 53 heavy (non-hydrogen) atoms. The minimum Gasteiger partial charge on any atom is -0.468 e. The van der Waals surface area contributed by atoms with Crippen molar-refractivity contribution >= 4 is 28.4 Å². The number of hydrogen-bond donors (Lipinski definition) is 2. The average molecular weight is 689 g/mol. The van der Waals surface area contributed by atoms with Crippen LogP contribution in [0.1, 0.15) is 58.6 Å². The number of aliphatic imine (C=N–C) groups is 2. The number of fused-ring (bicyclic) bond motifs is 5. The minimum absolute atomic E-state index is 0.0212. The van der Waals surface area contributed by atoms with Crippen LogP contribution in [0.25, 0.3) is 11.3 Å². The molecular formula is C48H40N4O. The summed E-state index contributed by atoms with van der Waals surface area (Å²) in [7, 11) is 0. The van der Waals surface area contributed by atoms with Crippen LogP contribution in [0.5, 0.6) is 5.75 Å². The Morgan fingerprint density at radius 2 is 1.45 bits per heavy atom. The highest BCUT2D eigenvalue weighted by atomic mass is 16.5. The van der Waals surface area contributed by atoms with Crippen molar-refractivity contribution in [3.05, 3.63) is 203 Å². The molecule has 0 spiro atoms. The maximum Gasteiger partial charge on any atom is 0.176 e. The van der Waals surface area contributed by atoms with Gasteiger partial charge >= 0.3 is 0 Å². The molecule has 6 aliphatic rings. The number of nitrogens with zero attached hydrogens (tertiary/aromatic N) is 2. The minimum atomic E-state index is -0.135. The van der Waals surface area contributed by atoms with E-state index < -0.39 is 0 Å². The third-order valence-electron chi connectivity index (χ3n) is 11.2. The number of benzene rings is 4. The van der Waals surface area contributed by atoms with E-state index in [1.807, 2.05) is 0 Å². The third kappa shape index (κ3) is 5.92. The first kappa shape index (κ1) is 31.5. The van der Waals surface area contributed by atoms with Crippen LogP contribution >= 0.6 is 0 Å². The van der Waals surface area contributed by atoms with Gasteiger partial charge in [-0.15, -0.1) is 0 Å². The number of ether oxygens (including phenoxy) is 1. The Kier molecular flexibility index (Phi) is 7.98. The van der Waals surface area contributed by atoms with Gasteiger partial charge in [0.1, 0.15) is 11.9 Å². The first-order valence-electron chi connectivity index (χ1n) is 18.8. The normalized spacial score (nSPS) is 24.9. The van der Waals surface area contributed by atoms with Crippen molar-refractivity contribution in [2.24, 2.45) is 21.8 Å². The van der Waals surface area contributed by atoms with E-state index in [4.69, 9.17) is 14.7 Å². The zero-order chi connectivity index (χ0) is 35.1. The molecule has 5 nitrogen and oxygen atoms in total. The second-order valence-corrected chi connectivity index (χ2v) is 14.5. The fourth-order valence-electron chi connectivity index (χ4n) is 8.37. The second kappa shape index (κ2) is 13.4. The maximum atomic E-state index is 6.65. The number of rotatable bonds is 6. The smallest absolute Gasteiger partial charge is 0.176 e. The molecule has 0 saturated carbocycles. The first-order chi connectivity index (χ1) is 26.2. The number of anilines is 1. The van der Waals surface area contributed by atoms with E-state index in [-0.39, 0.29) is 24.2 Å². The van der Waals surface area contributed by atoms with Crippen LogP contribution in [-0.2, 0) is 0 Å². The van der Waals surface area contributed by atoms with Crippen molar-refractivity contribution in [3.63, 3.8) is 0 Å². The largest absolute Gasteiger partial charge is 0.468 e. The van der Waals surface area contributed by atoms with Gasteiger partial charge in [0.2, 0.25) is 0 Å². The summed E-state index contributed by atoms with van der Waals surface area (Å²) >= 11 is 0. The third-order valence-corrected chi connectivity index (χ3v) is 11.2. The summed E-state index contributed by atoms with van der Waals surface area (Å²) in [6.45, 7) is 0. The fourth-order valence-corrected chi connectivity index (χ4v) is 8.37. The van der Waals surface area contributed by atoms with E-state index in [0.717, 1.165) is 64.6 Å². The first-order valence-corrected chi connectivity index (χ1v) is 18.8. The highest BCUT2D eigenvalue weighted by molar-refractivity contribution is 6.16. The molecule has 258 valence electrons. The van der Waals surface area contributed by atoms with Crippen LogP contribution in [0.2, 0.25) is 0 Å². The van der Waals surface area contributed by atoms with Gasteiger partial charge in [0, 0.05) is 40.3 Å². The lowest BCUT2D eigenvalue weighted by Crippen LogP contribution is -2.36. The zero-order valence-electron chi connectivity index (χ0n) is 29.4. The average Bonchev–Trinajstić information content (AvgIpc) is 3.69. The van der Waals surface area contributed by atoms with Crippen LogP contribution in [0.15, 0.2) is 180 Å². The van der Waals surface area contributed by atoms with Gasteiger partial charge in [-0.05, 0) is 71.4 Å². The standard InChI is InChI=1S/C48H40N4O/c1-4-12-33(13-5-1)41-30-42(51-47(50-41)36-16-8-3-9-17-36)34-24-20-31(21-25-34)32-22-26-37(27-23-32)48-52-46-43(53-48)29-28-39-44(46)38-18-10-11-19-40(38)49-45(39)35-14-6-2-7-15-35/h1-16,19-26,28-30,36-38,47-48,50,52H,17-18,27H2. The number of nitrogens with one attached hydrogen (secondary N) is 2. The van der Waals surface area contributed by atoms with E-state index in [9.17, 15) is 0 Å². The van der Waals surface area contributed by atoms with Crippen molar-refractivity contribution in [3.8, 4) is 5.75 Å². The zero-order valence-corrected chi connectivity index (χ0v) is 29.4. The van der Waals surface area contributed by atoms with E-state index in [1.165, 1.54) is 27.8 Å². The van der Waals surface area contributed by atoms with Gasteiger partial charge in [-0.3, -0.25) is 9.98 Å². The molecule has 4 aromatic rings. The summed E-state index contributed by atoms with van der Waals surface area (Å²) < 4.78 is 6.65. The molecule has 5 atom stereocenters. The molecule has 5 unspecified atom stereocenters. The summed E-state index contributed by atoms with van der Waals surface area (Å²) in [5, 5.41) is 7.55. The molecule has 0 fully saturated rings. The SMILES string of the molecule is C1=CCC2C(=C1)N=C(c1ccccc1)c1ccc3c(c12)NC(C1C=CC(c2ccc(C4=NC(C5C=CC=CC5)NC(c5ccccc5)=C4)cc2)=CC1)O3. The van der Waals surface area contributed by atoms with Gasteiger partial charge in [-0.1, -0.05) is 140 Å². The quantitative estimate of drug-likeness (QED) is 0.212. The van der Waals surface area contributed by atoms with Crippen LogP contribution in [-0.4, -0.2) is 23.8 Å². The summed E-state index contributed by atoms with van der Waals surface area (Å²) in [6.07, 6.45) is 27.1. The van der Waals surface area contributed by atoms with Gasteiger partial charge in [0.05, 0.1) is 17.1 Å². The van der Waals surface area contributed by atoms with Crippen molar-refractivity contribution < 1.29 is 4.74 Å². The molecule has 3 heterocycles. The van der Waals surface area contributed by atoms with Crippen molar-refractivity contribution in [2.45, 2.75) is 37.6 Å². The van der Waals surface area contributed by atoms with Crippen molar-refractivity contribution in [1.82, 2.24) is 5.32 Å². The Bertz CT molecular complexity index is 2360. The van der Waals surface area contributed by atoms with Crippen LogP contribution in [0.4, 0.5) is 5.69 Å². The van der Waals surface area contributed by atoms with E-state index >= 15 is 0 Å². The van der Waals surface area contributed by atoms with Gasteiger partial charge in [-0.2, -0.15) is 0 Å². The maximum absolute atomic E-state index is 6.65. The summed E-state index contributed by atoms with van der Waals surface area (Å²) in [6, 6.07) is 34.3. The molecular weight excluding hydrogens is 649 g/mol. The fraction of sp³-hybridized carbons (Fsp3) is 0.167. The molecule has 0 bridgehead atoms.